The Kier molecular flexibility index (Phi) is 4.39. The molecule has 2 heterocycles. The van der Waals surface area contributed by atoms with Crippen LogP contribution in [0.25, 0.3) is 0 Å². The van der Waals surface area contributed by atoms with Gasteiger partial charge < -0.3 is 4.90 Å². The highest BCUT2D eigenvalue weighted by molar-refractivity contribution is 7.91. The molecule has 0 spiro atoms. The maximum atomic E-state index is 13.5. The fourth-order valence-corrected chi connectivity index (χ4v) is 5.95. The number of benzene rings is 2. The van der Waals surface area contributed by atoms with E-state index in [2.05, 4.69) is 0 Å². The van der Waals surface area contributed by atoms with Crippen LogP contribution in [0, 0.1) is 12.7 Å². The number of carbonyl (C=O) groups excluding carboxylic acids is 1. The number of urea groups is 1. The fourth-order valence-electron chi connectivity index (χ4n) is 3.83. The smallest absolute Gasteiger partial charge is 0.314 e. The van der Waals surface area contributed by atoms with E-state index in [1.165, 1.54) is 21.9 Å². The summed E-state index contributed by atoms with van der Waals surface area (Å²) in [5.74, 6) is -0.569. The van der Waals surface area contributed by atoms with Gasteiger partial charge in [0.15, 0.2) is 9.84 Å². The summed E-state index contributed by atoms with van der Waals surface area (Å²) in [5.41, 5.74) is 2.07. The van der Waals surface area contributed by atoms with Crippen LogP contribution in [0.1, 0.15) is 11.1 Å². The quantitative estimate of drug-likeness (QED) is 0.731. The molecule has 27 heavy (non-hydrogen) atoms. The van der Waals surface area contributed by atoms with Gasteiger partial charge in [0.05, 0.1) is 23.6 Å². The average molecular weight is 409 g/mol. The summed E-state index contributed by atoms with van der Waals surface area (Å²) in [7, 11) is -3.26. The molecule has 0 aliphatic carbocycles. The normalized spacial score (nSPS) is 23.7. The van der Waals surface area contributed by atoms with Crippen molar-refractivity contribution in [3.8, 4) is 0 Å². The Morgan fingerprint density at radius 3 is 2.59 bits per heavy atom. The van der Waals surface area contributed by atoms with Crippen LogP contribution in [-0.4, -0.2) is 42.9 Å². The molecule has 2 fully saturated rings. The molecule has 0 aromatic heterocycles. The summed E-state index contributed by atoms with van der Waals surface area (Å²) in [6.45, 7) is 2.01. The lowest BCUT2D eigenvalue weighted by Gasteiger charge is -2.23. The number of carbonyl (C=O) groups is 1. The summed E-state index contributed by atoms with van der Waals surface area (Å²) in [6.07, 6.45) is 0. The van der Waals surface area contributed by atoms with Crippen molar-refractivity contribution in [1.29, 1.82) is 0 Å². The van der Waals surface area contributed by atoms with Crippen LogP contribution in [0.15, 0.2) is 42.5 Å². The number of rotatable bonds is 3. The van der Waals surface area contributed by atoms with Gasteiger partial charge in [0.2, 0.25) is 0 Å². The van der Waals surface area contributed by atoms with Crippen LogP contribution in [0.4, 0.5) is 14.9 Å². The molecule has 2 saturated heterocycles. The minimum absolute atomic E-state index is 0.0885. The van der Waals surface area contributed by atoms with Crippen LogP contribution in [0.3, 0.4) is 0 Å². The summed E-state index contributed by atoms with van der Waals surface area (Å²) in [6, 6.07) is 10.0. The van der Waals surface area contributed by atoms with Crippen molar-refractivity contribution >= 4 is 33.2 Å². The molecule has 2 aromatic rings. The first-order valence-corrected chi connectivity index (χ1v) is 10.8. The van der Waals surface area contributed by atoms with E-state index in [1.807, 2.05) is 6.92 Å². The zero-order valence-electron chi connectivity index (χ0n) is 14.6. The molecule has 2 aromatic carbocycles. The molecule has 0 bridgehead atoms. The van der Waals surface area contributed by atoms with Gasteiger partial charge >= 0.3 is 6.03 Å². The molecule has 2 aliphatic heterocycles. The maximum Gasteiger partial charge on any atom is 0.325 e. The maximum absolute atomic E-state index is 13.5. The average Bonchev–Trinajstić information content (AvgIpc) is 3.02. The van der Waals surface area contributed by atoms with Gasteiger partial charge in [-0.25, -0.2) is 17.6 Å². The molecule has 142 valence electrons. The molecule has 0 unspecified atom stereocenters. The van der Waals surface area contributed by atoms with Crippen molar-refractivity contribution in [2.75, 3.05) is 16.4 Å². The van der Waals surface area contributed by atoms with Crippen molar-refractivity contribution in [2.45, 2.75) is 25.6 Å². The number of sulfone groups is 1. The van der Waals surface area contributed by atoms with E-state index in [-0.39, 0.29) is 24.1 Å². The molecule has 2 aliphatic rings. The van der Waals surface area contributed by atoms with Gasteiger partial charge in [-0.15, -0.1) is 0 Å². The lowest BCUT2D eigenvalue weighted by molar-refractivity contribution is 0.206. The third kappa shape index (κ3) is 3.30. The Balaban J connectivity index is 1.72. The zero-order chi connectivity index (χ0) is 19.3. The molecule has 0 radical (unpaired) electrons. The fraction of sp³-hybridized carbons (Fsp3) is 0.316. The van der Waals surface area contributed by atoms with E-state index in [1.54, 1.807) is 30.3 Å². The second kappa shape index (κ2) is 6.49. The van der Waals surface area contributed by atoms with Gasteiger partial charge in [-0.3, -0.25) is 4.90 Å². The molecule has 0 saturated carbocycles. The molecular weight excluding hydrogens is 391 g/mol. The molecule has 5 nitrogen and oxygen atoms in total. The Bertz CT molecular complexity index is 1030. The standard InChI is InChI=1S/C19H18ClFN2O3S/c1-12-5-6-15(8-16(12)20)23-18-11-27(25,26)10-17(18)22(19(23)24)9-13-3-2-4-14(21)7-13/h2-8,17-18H,9-11H2,1H3/t17-,18+/m1/s1. The van der Waals surface area contributed by atoms with Crippen LogP contribution >= 0.6 is 11.6 Å². The molecular formula is C19H18ClFN2O3S. The van der Waals surface area contributed by atoms with Crippen LogP contribution in [0.5, 0.6) is 0 Å². The number of halogens is 2. The molecule has 8 heteroatoms. The number of fused-ring (bicyclic) bond motifs is 1. The zero-order valence-corrected chi connectivity index (χ0v) is 16.2. The number of hydrogen-bond acceptors (Lipinski definition) is 3. The van der Waals surface area contributed by atoms with Crippen LogP contribution < -0.4 is 4.90 Å². The van der Waals surface area contributed by atoms with E-state index in [0.29, 0.717) is 16.3 Å². The molecule has 4 rings (SSSR count). The number of amides is 2. The lowest BCUT2D eigenvalue weighted by Crippen LogP contribution is -2.37. The van der Waals surface area contributed by atoms with Gasteiger partial charge in [0, 0.05) is 17.3 Å². The van der Waals surface area contributed by atoms with Gasteiger partial charge in [0.1, 0.15) is 5.82 Å². The van der Waals surface area contributed by atoms with E-state index in [0.717, 1.165) is 5.56 Å². The molecule has 2 amide bonds. The summed E-state index contributed by atoms with van der Waals surface area (Å²) in [4.78, 5) is 16.2. The highest BCUT2D eigenvalue weighted by Crippen LogP contribution is 2.37. The van der Waals surface area contributed by atoms with Crippen LogP contribution in [0.2, 0.25) is 5.02 Å². The van der Waals surface area contributed by atoms with E-state index >= 15 is 0 Å². The van der Waals surface area contributed by atoms with Gasteiger partial charge in [0.25, 0.3) is 0 Å². The highest BCUT2D eigenvalue weighted by Gasteiger charge is 2.53. The van der Waals surface area contributed by atoms with Crippen molar-refractivity contribution in [3.63, 3.8) is 0 Å². The molecule has 0 N–H and O–H groups in total. The second-order valence-electron chi connectivity index (χ2n) is 7.06. The summed E-state index contributed by atoms with van der Waals surface area (Å²) in [5, 5.41) is 0.515. The lowest BCUT2D eigenvalue weighted by atomic mass is 10.1. The monoisotopic (exact) mass is 408 g/mol. The molecule has 2 atom stereocenters. The summed E-state index contributed by atoms with van der Waals surface area (Å²) < 4.78 is 38.0. The number of aryl methyl sites for hydroxylation is 1. The van der Waals surface area contributed by atoms with Gasteiger partial charge in [-0.05, 0) is 42.3 Å². The Morgan fingerprint density at radius 2 is 1.89 bits per heavy atom. The minimum atomic E-state index is -3.26. The number of nitrogens with zero attached hydrogens (tertiary/aromatic N) is 2. The Labute approximate surface area is 162 Å². The first-order valence-electron chi connectivity index (χ1n) is 8.56. The van der Waals surface area contributed by atoms with Gasteiger partial charge in [-0.1, -0.05) is 29.8 Å². The highest BCUT2D eigenvalue weighted by atomic mass is 35.5. The van der Waals surface area contributed by atoms with Crippen molar-refractivity contribution < 1.29 is 17.6 Å². The number of anilines is 1. The van der Waals surface area contributed by atoms with E-state index in [4.69, 9.17) is 11.6 Å². The van der Waals surface area contributed by atoms with E-state index in [9.17, 15) is 17.6 Å². The van der Waals surface area contributed by atoms with Crippen molar-refractivity contribution in [3.05, 3.63) is 64.4 Å². The first-order chi connectivity index (χ1) is 12.7. The summed E-state index contributed by atoms with van der Waals surface area (Å²) >= 11 is 6.21. The predicted molar refractivity (Wildman–Crippen MR) is 102 cm³/mol. The minimum Gasteiger partial charge on any atom is -0.314 e. The third-order valence-corrected chi connectivity index (χ3v) is 7.26. The van der Waals surface area contributed by atoms with Crippen molar-refractivity contribution in [2.24, 2.45) is 0 Å². The van der Waals surface area contributed by atoms with Crippen LogP contribution in [-0.2, 0) is 16.4 Å². The van der Waals surface area contributed by atoms with Gasteiger partial charge in [-0.2, -0.15) is 0 Å². The van der Waals surface area contributed by atoms with Crippen molar-refractivity contribution in [1.82, 2.24) is 4.90 Å². The largest absolute Gasteiger partial charge is 0.325 e. The SMILES string of the molecule is Cc1ccc(N2C(=O)N(Cc3cccc(F)c3)[C@@H]3CS(=O)(=O)C[C@@H]32)cc1Cl. The number of hydrogen-bond donors (Lipinski definition) is 0. The predicted octanol–water partition coefficient (Wildman–Crippen LogP) is 3.40. The topological polar surface area (TPSA) is 57.7 Å². The second-order valence-corrected chi connectivity index (χ2v) is 9.62. The van der Waals surface area contributed by atoms with E-state index < -0.39 is 27.7 Å². The Hall–Kier alpha value is -2.12. The third-order valence-electron chi connectivity index (χ3n) is 5.15. The Morgan fingerprint density at radius 1 is 1.15 bits per heavy atom. The first kappa shape index (κ1) is 18.3.